The number of halogens is 1. The van der Waals surface area contributed by atoms with Gasteiger partial charge in [0.05, 0.1) is 22.5 Å². The summed E-state index contributed by atoms with van der Waals surface area (Å²) in [5, 5.41) is 7.51. The summed E-state index contributed by atoms with van der Waals surface area (Å²) in [6.07, 6.45) is 3.44. The van der Waals surface area contributed by atoms with Gasteiger partial charge in [0.25, 0.3) is 5.91 Å². The van der Waals surface area contributed by atoms with Crippen molar-refractivity contribution >= 4 is 23.3 Å². The number of hydrogen-bond donors (Lipinski definition) is 1. The maximum atomic E-state index is 13.0. The first-order chi connectivity index (χ1) is 15.4. The predicted molar refractivity (Wildman–Crippen MR) is 128 cm³/mol. The molecule has 32 heavy (non-hydrogen) atoms. The molecule has 158 valence electrons. The minimum Gasteiger partial charge on any atom is -0.306 e. The van der Waals surface area contributed by atoms with E-state index in [-0.39, 0.29) is 5.91 Å². The molecule has 0 atom stereocenters. The van der Waals surface area contributed by atoms with Crippen LogP contribution in [0.3, 0.4) is 0 Å². The molecule has 5 nitrogen and oxygen atoms in total. The fraction of sp³-hybridized carbons (Fsp3) is 0.115. The zero-order valence-electron chi connectivity index (χ0n) is 18.0. The summed E-state index contributed by atoms with van der Waals surface area (Å²) >= 11 is 6.34. The Hall–Kier alpha value is -3.88. The van der Waals surface area contributed by atoms with Crippen LogP contribution < -0.4 is 5.32 Å². The Morgan fingerprint density at radius 3 is 2.41 bits per heavy atom. The highest BCUT2D eigenvalue weighted by Gasteiger charge is 2.16. The second-order valence-corrected chi connectivity index (χ2v) is 7.86. The molecule has 0 radical (unpaired) electrons. The average Bonchev–Trinajstić information content (AvgIpc) is 3.13. The first-order valence-corrected chi connectivity index (χ1v) is 10.4. The SMILES string of the molecule is Cc1cc(C#Cc2ccccc2)cnc1NC(=O)c1cc(-c2c(C)cnn2C)ccc1Cl. The Morgan fingerprint density at radius 1 is 0.969 bits per heavy atom. The molecule has 2 aromatic heterocycles. The molecule has 0 aliphatic rings. The van der Waals surface area contributed by atoms with Gasteiger partial charge in [-0.05, 0) is 55.3 Å². The molecular weight excluding hydrogens is 420 g/mol. The molecule has 1 amide bonds. The molecule has 0 fully saturated rings. The molecule has 0 saturated heterocycles. The van der Waals surface area contributed by atoms with Crippen molar-refractivity contribution in [3.63, 3.8) is 0 Å². The first-order valence-electron chi connectivity index (χ1n) is 10.1. The maximum Gasteiger partial charge on any atom is 0.258 e. The topological polar surface area (TPSA) is 59.8 Å². The van der Waals surface area contributed by atoms with Crippen molar-refractivity contribution in [3.05, 3.63) is 99.8 Å². The lowest BCUT2D eigenvalue weighted by Gasteiger charge is -2.11. The van der Waals surface area contributed by atoms with Crippen LogP contribution in [0.2, 0.25) is 5.02 Å². The number of carbonyl (C=O) groups is 1. The van der Waals surface area contributed by atoms with Gasteiger partial charge in [-0.3, -0.25) is 9.48 Å². The van der Waals surface area contributed by atoms with Gasteiger partial charge >= 0.3 is 0 Å². The lowest BCUT2D eigenvalue weighted by molar-refractivity contribution is 0.102. The van der Waals surface area contributed by atoms with Gasteiger partial charge in [0.1, 0.15) is 5.82 Å². The van der Waals surface area contributed by atoms with E-state index in [2.05, 4.69) is 27.2 Å². The van der Waals surface area contributed by atoms with E-state index in [0.29, 0.717) is 16.4 Å². The molecule has 0 spiro atoms. The number of aryl methyl sites for hydroxylation is 3. The summed E-state index contributed by atoms with van der Waals surface area (Å²) in [5.74, 6) is 6.36. The van der Waals surface area contributed by atoms with E-state index < -0.39 is 0 Å². The Bertz CT molecular complexity index is 1340. The van der Waals surface area contributed by atoms with Gasteiger partial charge in [0.2, 0.25) is 0 Å². The normalized spacial score (nSPS) is 10.4. The largest absolute Gasteiger partial charge is 0.306 e. The van der Waals surface area contributed by atoms with Crippen LogP contribution in [0.4, 0.5) is 5.82 Å². The Labute approximate surface area is 192 Å². The molecule has 0 unspecified atom stereocenters. The van der Waals surface area contributed by atoms with Crippen molar-refractivity contribution in [3.8, 4) is 23.1 Å². The first kappa shape index (κ1) is 21.4. The molecular formula is C26H21ClN4O. The van der Waals surface area contributed by atoms with Crippen molar-refractivity contribution < 1.29 is 4.79 Å². The highest BCUT2D eigenvalue weighted by Crippen LogP contribution is 2.28. The van der Waals surface area contributed by atoms with Crippen molar-refractivity contribution in [1.82, 2.24) is 14.8 Å². The van der Waals surface area contributed by atoms with Gasteiger partial charge in [-0.25, -0.2) is 4.98 Å². The number of aromatic nitrogens is 3. The van der Waals surface area contributed by atoms with E-state index in [0.717, 1.165) is 33.5 Å². The molecule has 2 heterocycles. The van der Waals surface area contributed by atoms with E-state index in [1.54, 1.807) is 29.2 Å². The number of pyridine rings is 1. The third-order valence-corrected chi connectivity index (χ3v) is 5.37. The minimum absolute atomic E-state index is 0.324. The zero-order valence-corrected chi connectivity index (χ0v) is 18.7. The van der Waals surface area contributed by atoms with E-state index in [1.807, 2.05) is 63.4 Å². The van der Waals surface area contributed by atoms with E-state index in [9.17, 15) is 4.79 Å². The monoisotopic (exact) mass is 440 g/mol. The van der Waals surface area contributed by atoms with Crippen molar-refractivity contribution in [2.24, 2.45) is 7.05 Å². The quantitative estimate of drug-likeness (QED) is 0.433. The van der Waals surface area contributed by atoms with Crippen molar-refractivity contribution in [2.45, 2.75) is 13.8 Å². The summed E-state index contributed by atoms with van der Waals surface area (Å²) in [5.41, 5.74) is 5.72. The highest BCUT2D eigenvalue weighted by molar-refractivity contribution is 6.34. The van der Waals surface area contributed by atoms with Gasteiger partial charge in [-0.2, -0.15) is 5.10 Å². The number of anilines is 1. The molecule has 2 aromatic carbocycles. The van der Waals surface area contributed by atoms with Gasteiger partial charge in [0, 0.05) is 29.9 Å². The Balaban J connectivity index is 1.57. The van der Waals surface area contributed by atoms with Gasteiger partial charge in [0.15, 0.2) is 0 Å². The van der Waals surface area contributed by atoms with Crippen LogP contribution in [0.25, 0.3) is 11.3 Å². The summed E-state index contributed by atoms with van der Waals surface area (Å²) in [4.78, 5) is 17.4. The number of carbonyl (C=O) groups excluding carboxylic acids is 1. The van der Waals surface area contributed by atoms with Crippen LogP contribution in [0, 0.1) is 25.7 Å². The average molecular weight is 441 g/mol. The zero-order chi connectivity index (χ0) is 22.7. The molecule has 1 N–H and O–H groups in total. The van der Waals surface area contributed by atoms with E-state index in [1.165, 1.54) is 0 Å². The fourth-order valence-electron chi connectivity index (χ4n) is 3.42. The molecule has 0 aliphatic carbocycles. The predicted octanol–water partition coefficient (Wildman–Crippen LogP) is 5.40. The van der Waals surface area contributed by atoms with E-state index in [4.69, 9.17) is 11.6 Å². The standard InChI is InChI=1S/C26H21ClN4O/c1-17-13-20(10-9-19-7-5-4-6-8-19)16-28-25(17)30-26(32)22-14-21(11-12-23(22)27)24-18(2)15-29-31(24)3/h4-8,11-16H,1-3H3,(H,28,30,32). The van der Waals surface area contributed by atoms with Gasteiger partial charge < -0.3 is 5.32 Å². The molecule has 0 saturated carbocycles. The van der Waals surface area contributed by atoms with Crippen LogP contribution in [0.1, 0.15) is 32.6 Å². The molecule has 0 aliphatic heterocycles. The Morgan fingerprint density at radius 2 is 1.72 bits per heavy atom. The van der Waals surface area contributed by atoms with Crippen LogP contribution in [0.5, 0.6) is 0 Å². The fourth-order valence-corrected chi connectivity index (χ4v) is 3.63. The number of nitrogens with one attached hydrogen (secondary N) is 1. The lowest BCUT2D eigenvalue weighted by atomic mass is 10.0. The molecule has 4 rings (SSSR count). The second kappa shape index (κ2) is 9.09. The number of nitrogens with zero attached hydrogens (tertiary/aromatic N) is 3. The smallest absolute Gasteiger partial charge is 0.258 e. The van der Waals surface area contributed by atoms with Crippen molar-refractivity contribution in [1.29, 1.82) is 0 Å². The summed E-state index contributed by atoms with van der Waals surface area (Å²) in [6.45, 7) is 3.86. The minimum atomic E-state index is -0.324. The summed E-state index contributed by atoms with van der Waals surface area (Å²) < 4.78 is 1.78. The number of amides is 1. The molecule has 6 heteroatoms. The third-order valence-electron chi connectivity index (χ3n) is 5.04. The van der Waals surface area contributed by atoms with Crippen LogP contribution >= 0.6 is 11.6 Å². The van der Waals surface area contributed by atoms with Crippen molar-refractivity contribution in [2.75, 3.05) is 5.32 Å². The third kappa shape index (κ3) is 4.56. The van der Waals surface area contributed by atoms with Crippen LogP contribution in [-0.4, -0.2) is 20.7 Å². The lowest BCUT2D eigenvalue weighted by Crippen LogP contribution is -2.15. The number of hydrogen-bond acceptors (Lipinski definition) is 3. The van der Waals surface area contributed by atoms with Crippen LogP contribution in [-0.2, 0) is 7.05 Å². The second-order valence-electron chi connectivity index (χ2n) is 7.45. The number of rotatable bonds is 3. The molecule has 4 aromatic rings. The van der Waals surface area contributed by atoms with E-state index >= 15 is 0 Å². The molecule has 0 bridgehead atoms. The van der Waals surface area contributed by atoms with Crippen LogP contribution in [0.15, 0.2) is 67.0 Å². The Kier molecular flexibility index (Phi) is 6.07. The van der Waals surface area contributed by atoms with Gasteiger partial charge in [-0.15, -0.1) is 0 Å². The summed E-state index contributed by atoms with van der Waals surface area (Å²) in [7, 11) is 1.87. The summed E-state index contributed by atoms with van der Waals surface area (Å²) in [6, 6.07) is 17.0. The maximum absolute atomic E-state index is 13.0. The highest BCUT2D eigenvalue weighted by atomic mass is 35.5. The number of benzene rings is 2. The van der Waals surface area contributed by atoms with Gasteiger partial charge in [-0.1, -0.05) is 47.7 Å².